The highest BCUT2D eigenvalue weighted by Gasteiger charge is 2.46. The van der Waals surface area contributed by atoms with Crippen LogP contribution >= 0.6 is 0 Å². The monoisotopic (exact) mass is 997 g/mol. The summed E-state index contributed by atoms with van der Waals surface area (Å²) in [7, 11) is 0. The van der Waals surface area contributed by atoms with Crippen molar-refractivity contribution in [1.82, 2.24) is 4.57 Å². The standard InChI is InChI=1S/C75H51N3/c1-5-23-55(24-6-1)75(56-25-7-2-8-26-56)70-36-17-15-31-65(70)66-47-45-62(51-71(66)75)76(57-27-9-3-10-28-57)59-42-40-53(41-43-59)63-33-19-35-67-64(63)34-20-38-72(67)77(60-44-39-52-21-13-14-22-54(52)49-60)61-46-48-74-69(50-61)68-32-16-18-37-73(68)78(74)58-29-11-4-12-30-58/h1-51H/i40D,41D,42D,43D. The van der Waals surface area contributed by atoms with Crippen molar-refractivity contribution < 1.29 is 5.48 Å². The van der Waals surface area contributed by atoms with Crippen LogP contribution in [-0.4, -0.2) is 4.57 Å². The first-order chi connectivity index (χ1) is 40.4. The quantitative estimate of drug-likeness (QED) is 0.135. The third-order valence-corrected chi connectivity index (χ3v) is 15.9. The molecule has 13 aromatic carbocycles. The maximum atomic E-state index is 10.1. The number of hydrogen-bond acceptors (Lipinski definition) is 2. The second kappa shape index (κ2) is 18.6. The maximum Gasteiger partial charge on any atom is 0.0714 e. The Balaban J connectivity index is 0.910. The molecule has 0 atom stereocenters. The van der Waals surface area contributed by atoms with E-state index in [-0.39, 0.29) is 35.4 Å². The summed E-state index contributed by atoms with van der Waals surface area (Å²) >= 11 is 0. The predicted molar refractivity (Wildman–Crippen MR) is 328 cm³/mol. The van der Waals surface area contributed by atoms with Crippen LogP contribution in [0.1, 0.15) is 27.7 Å². The molecule has 0 bridgehead atoms. The highest BCUT2D eigenvalue weighted by Crippen LogP contribution is 2.57. The summed E-state index contributed by atoms with van der Waals surface area (Å²) < 4.78 is 42.7. The van der Waals surface area contributed by atoms with Gasteiger partial charge in [0.25, 0.3) is 0 Å². The number of para-hydroxylation sites is 3. The Kier molecular flexibility index (Phi) is 9.77. The predicted octanol–water partition coefficient (Wildman–Crippen LogP) is 20.1. The Hall–Kier alpha value is -10.2. The molecule has 78 heavy (non-hydrogen) atoms. The molecule has 0 amide bonds. The molecule has 366 valence electrons. The van der Waals surface area contributed by atoms with Gasteiger partial charge in [-0.25, -0.2) is 0 Å². The lowest BCUT2D eigenvalue weighted by Gasteiger charge is -2.35. The van der Waals surface area contributed by atoms with Crippen molar-refractivity contribution in [2.45, 2.75) is 5.41 Å². The third kappa shape index (κ3) is 7.20. The lowest BCUT2D eigenvalue weighted by atomic mass is 9.67. The lowest BCUT2D eigenvalue weighted by Crippen LogP contribution is -2.28. The highest BCUT2D eigenvalue weighted by atomic mass is 15.1. The van der Waals surface area contributed by atoms with E-state index in [4.69, 9.17) is 0 Å². The zero-order valence-electron chi connectivity index (χ0n) is 46.5. The summed E-state index contributed by atoms with van der Waals surface area (Å²) in [5.41, 5.74) is 14.6. The number of aromatic nitrogens is 1. The smallest absolute Gasteiger partial charge is 0.0714 e. The molecule has 0 saturated carbocycles. The minimum atomic E-state index is -0.696. The number of benzene rings is 13. The Morgan fingerprint density at radius 3 is 1.64 bits per heavy atom. The molecule has 0 fully saturated rings. The Morgan fingerprint density at radius 1 is 0.308 bits per heavy atom. The average molecular weight is 998 g/mol. The molecular weight excluding hydrogens is 943 g/mol. The molecule has 1 aliphatic carbocycles. The van der Waals surface area contributed by atoms with Gasteiger partial charge in [0.15, 0.2) is 0 Å². The van der Waals surface area contributed by atoms with Crippen LogP contribution in [0.25, 0.3) is 71.3 Å². The fourth-order valence-electron chi connectivity index (χ4n) is 12.5. The van der Waals surface area contributed by atoms with E-state index in [1.165, 1.54) is 5.56 Å². The van der Waals surface area contributed by atoms with Crippen LogP contribution in [0, 0.1) is 0 Å². The Bertz CT molecular complexity index is 4740. The molecule has 15 rings (SSSR count). The third-order valence-electron chi connectivity index (χ3n) is 15.9. The number of fused-ring (bicyclic) bond motifs is 8. The van der Waals surface area contributed by atoms with Crippen molar-refractivity contribution in [3.63, 3.8) is 0 Å². The van der Waals surface area contributed by atoms with Gasteiger partial charge in [0, 0.05) is 50.3 Å². The zero-order valence-corrected chi connectivity index (χ0v) is 42.5. The topological polar surface area (TPSA) is 11.4 Å². The normalized spacial score (nSPS) is 13.2. The summed E-state index contributed by atoms with van der Waals surface area (Å²) in [5, 5.41) is 6.21. The molecule has 3 nitrogen and oxygen atoms in total. The summed E-state index contributed by atoms with van der Waals surface area (Å²) in [6.07, 6.45) is 0. The average Bonchev–Trinajstić information content (AvgIpc) is 3.28. The van der Waals surface area contributed by atoms with Gasteiger partial charge >= 0.3 is 0 Å². The van der Waals surface area contributed by atoms with Gasteiger partial charge in [-0.15, -0.1) is 0 Å². The second-order valence-electron chi connectivity index (χ2n) is 20.1. The van der Waals surface area contributed by atoms with Crippen LogP contribution < -0.4 is 9.80 Å². The lowest BCUT2D eigenvalue weighted by molar-refractivity contribution is 0.768. The van der Waals surface area contributed by atoms with Gasteiger partial charge in [0.2, 0.25) is 0 Å². The Morgan fingerprint density at radius 2 is 0.859 bits per heavy atom. The first kappa shape index (κ1) is 41.1. The number of nitrogens with zero attached hydrogens (tertiary/aromatic N) is 3. The van der Waals surface area contributed by atoms with E-state index in [1.54, 1.807) is 0 Å². The van der Waals surface area contributed by atoms with Crippen LogP contribution in [0.15, 0.2) is 309 Å². The van der Waals surface area contributed by atoms with Crippen molar-refractivity contribution in [2.75, 3.05) is 9.80 Å². The number of rotatable bonds is 10. The summed E-state index contributed by atoms with van der Waals surface area (Å²) in [6, 6.07) is 98.5. The molecule has 0 N–H and O–H groups in total. The fourth-order valence-corrected chi connectivity index (χ4v) is 12.5. The van der Waals surface area contributed by atoms with E-state index in [2.05, 4.69) is 234 Å². The van der Waals surface area contributed by atoms with Crippen LogP contribution in [0.4, 0.5) is 34.1 Å². The van der Waals surface area contributed by atoms with Crippen LogP contribution in [0.3, 0.4) is 0 Å². The van der Waals surface area contributed by atoms with Gasteiger partial charge in [-0.05, 0) is 152 Å². The largest absolute Gasteiger partial charge is 0.310 e. The van der Waals surface area contributed by atoms with Crippen molar-refractivity contribution >= 4 is 77.5 Å². The van der Waals surface area contributed by atoms with E-state index in [0.29, 0.717) is 16.9 Å². The van der Waals surface area contributed by atoms with Crippen molar-refractivity contribution in [2.24, 2.45) is 0 Å². The van der Waals surface area contributed by atoms with Crippen LogP contribution in [0.2, 0.25) is 0 Å². The summed E-state index contributed by atoms with van der Waals surface area (Å²) in [6.45, 7) is 0. The summed E-state index contributed by atoms with van der Waals surface area (Å²) in [5.74, 6) is 0. The minimum Gasteiger partial charge on any atom is -0.310 e. The molecule has 0 aliphatic heterocycles. The summed E-state index contributed by atoms with van der Waals surface area (Å²) in [4.78, 5) is 4.22. The molecule has 1 heterocycles. The first-order valence-corrected chi connectivity index (χ1v) is 26.6. The molecule has 0 saturated heterocycles. The Labute approximate surface area is 460 Å². The van der Waals surface area contributed by atoms with Crippen molar-refractivity contribution in [3.8, 4) is 27.9 Å². The van der Waals surface area contributed by atoms with E-state index in [0.717, 1.165) is 93.9 Å². The first-order valence-electron chi connectivity index (χ1n) is 28.6. The molecular formula is C75H51N3. The van der Waals surface area contributed by atoms with Crippen molar-refractivity contribution in [1.29, 1.82) is 0 Å². The van der Waals surface area contributed by atoms with E-state index >= 15 is 0 Å². The molecule has 0 unspecified atom stereocenters. The zero-order chi connectivity index (χ0) is 55.1. The highest BCUT2D eigenvalue weighted by molar-refractivity contribution is 6.12. The molecule has 3 heteroatoms. The molecule has 14 aromatic rings. The van der Waals surface area contributed by atoms with E-state index in [9.17, 15) is 5.48 Å². The SMILES string of the molecule is [2H]c1c([2H])c(N(c2ccccc2)c2ccc3c(c2)C(c2ccccc2)(c2ccccc2)c2ccccc2-3)c([2H])c([2H])c1-c1cccc2c(N(c3ccc4ccccc4c3)c3ccc4c(c3)c3ccccc3n4-c3ccccc3)cccc12. The van der Waals surface area contributed by atoms with Crippen LogP contribution in [-0.2, 0) is 5.41 Å². The molecule has 1 aromatic heterocycles. The van der Waals surface area contributed by atoms with Crippen LogP contribution in [0.5, 0.6) is 0 Å². The van der Waals surface area contributed by atoms with Gasteiger partial charge in [-0.2, -0.15) is 0 Å². The number of anilines is 6. The number of hydrogen-bond donors (Lipinski definition) is 0. The minimum absolute atomic E-state index is 0.127. The van der Waals surface area contributed by atoms with Crippen molar-refractivity contribution in [3.05, 3.63) is 332 Å². The second-order valence-corrected chi connectivity index (χ2v) is 20.1. The van der Waals surface area contributed by atoms with Gasteiger partial charge in [-0.1, -0.05) is 218 Å². The molecule has 0 radical (unpaired) electrons. The maximum absolute atomic E-state index is 10.1. The molecule has 0 spiro atoms. The van der Waals surface area contributed by atoms with E-state index in [1.807, 2.05) is 65.6 Å². The van der Waals surface area contributed by atoms with E-state index < -0.39 is 5.41 Å². The van der Waals surface area contributed by atoms with Gasteiger partial charge in [0.1, 0.15) is 0 Å². The molecule has 1 aliphatic rings. The van der Waals surface area contributed by atoms with Gasteiger partial charge < -0.3 is 14.4 Å². The van der Waals surface area contributed by atoms with Gasteiger partial charge in [-0.3, -0.25) is 0 Å². The van der Waals surface area contributed by atoms with Gasteiger partial charge in [0.05, 0.1) is 27.6 Å². The fraction of sp³-hybridized carbons (Fsp3) is 0.0133.